The van der Waals surface area contributed by atoms with Crippen molar-refractivity contribution >= 4 is 0 Å². The van der Waals surface area contributed by atoms with Gasteiger partial charge < -0.3 is 19.5 Å². The highest BCUT2D eigenvalue weighted by molar-refractivity contribution is 5.37. The van der Waals surface area contributed by atoms with E-state index >= 15 is 0 Å². The fourth-order valence-corrected chi connectivity index (χ4v) is 1.90. The number of rotatable bonds is 8. The lowest BCUT2D eigenvalue weighted by Crippen LogP contribution is -2.28. The minimum absolute atomic E-state index is 0.167. The largest absolute Gasteiger partial charge is 0.492 e. The van der Waals surface area contributed by atoms with E-state index < -0.39 is 0 Å². The van der Waals surface area contributed by atoms with Crippen molar-refractivity contribution in [1.82, 2.24) is 5.32 Å². The van der Waals surface area contributed by atoms with Crippen LogP contribution in [0, 0.1) is 0 Å². The lowest BCUT2D eigenvalue weighted by Gasteiger charge is -2.13. The molecule has 4 heteroatoms. The van der Waals surface area contributed by atoms with Gasteiger partial charge in [0.2, 0.25) is 0 Å². The van der Waals surface area contributed by atoms with Crippen LogP contribution in [-0.4, -0.2) is 25.8 Å². The molecule has 0 fully saturated rings. The number of hydrogen-bond donors (Lipinski definition) is 1. The molecular weight excluding hydrogens is 290 g/mol. The molecule has 0 spiro atoms. The van der Waals surface area contributed by atoms with Crippen molar-refractivity contribution < 1.29 is 14.2 Å². The minimum atomic E-state index is 0.167. The Balaban J connectivity index is 1.90. The van der Waals surface area contributed by atoms with Crippen LogP contribution in [0.1, 0.15) is 20.8 Å². The molecular formula is C19H25NO3. The topological polar surface area (TPSA) is 39.7 Å². The average Bonchev–Trinajstić information content (AvgIpc) is 2.55. The molecule has 1 unspecified atom stereocenters. The number of benzene rings is 2. The molecule has 4 nitrogen and oxygen atoms in total. The molecule has 0 saturated carbocycles. The van der Waals surface area contributed by atoms with Gasteiger partial charge in [-0.15, -0.1) is 0 Å². The summed E-state index contributed by atoms with van der Waals surface area (Å²) in [5.41, 5.74) is 0. The van der Waals surface area contributed by atoms with Crippen LogP contribution in [0.5, 0.6) is 23.0 Å². The summed E-state index contributed by atoms with van der Waals surface area (Å²) < 4.78 is 17.1. The van der Waals surface area contributed by atoms with Gasteiger partial charge in [0.05, 0.1) is 6.10 Å². The molecule has 124 valence electrons. The molecule has 2 rings (SSSR count). The lowest BCUT2D eigenvalue weighted by atomic mass is 10.3. The van der Waals surface area contributed by atoms with Crippen molar-refractivity contribution in [3.05, 3.63) is 48.5 Å². The number of likely N-dealkylation sites (N-methyl/N-ethyl adjacent to an activating group) is 1. The Kier molecular flexibility index (Phi) is 6.29. The van der Waals surface area contributed by atoms with Gasteiger partial charge in [-0.1, -0.05) is 0 Å². The van der Waals surface area contributed by atoms with E-state index in [0.717, 1.165) is 23.0 Å². The maximum Gasteiger partial charge on any atom is 0.127 e. The summed E-state index contributed by atoms with van der Waals surface area (Å²) in [5.74, 6) is 3.23. The van der Waals surface area contributed by atoms with Crippen LogP contribution >= 0.6 is 0 Å². The van der Waals surface area contributed by atoms with Crippen LogP contribution in [0.15, 0.2) is 48.5 Å². The second-order valence-corrected chi connectivity index (χ2v) is 5.71. The van der Waals surface area contributed by atoms with Gasteiger partial charge in [-0.3, -0.25) is 0 Å². The maximum absolute atomic E-state index is 5.82. The van der Waals surface area contributed by atoms with Crippen LogP contribution in [-0.2, 0) is 0 Å². The first kappa shape index (κ1) is 17.2. The Morgan fingerprint density at radius 2 is 1.26 bits per heavy atom. The second-order valence-electron chi connectivity index (χ2n) is 5.71. The van der Waals surface area contributed by atoms with Gasteiger partial charge in [0, 0.05) is 6.04 Å². The Hall–Kier alpha value is -2.20. The predicted molar refractivity (Wildman–Crippen MR) is 92.7 cm³/mol. The molecule has 0 aliphatic heterocycles. The van der Waals surface area contributed by atoms with E-state index in [1.807, 2.05) is 69.4 Å². The molecule has 2 aromatic rings. The third-order valence-corrected chi connectivity index (χ3v) is 3.25. The van der Waals surface area contributed by atoms with Crippen LogP contribution in [0.25, 0.3) is 0 Å². The zero-order valence-electron chi connectivity index (χ0n) is 14.2. The summed E-state index contributed by atoms with van der Waals surface area (Å²) in [6.45, 7) is 6.72. The van der Waals surface area contributed by atoms with Gasteiger partial charge in [0.1, 0.15) is 29.6 Å². The summed E-state index contributed by atoms with van der Waals surface area (Å²) in [7, 11) is 1.92. The van der Waals surface area contributed by atoms with E-state index in [0.29, 0.717) is 12.6 Å². The molecule has 0 aliphatic carbocycles. The zero-order chi connectivity index (χ0) is 16.7. The highest BCUT2D eigenvalue weighted by Gasteiger charge is 2.02. The van der Waals surface area contributed by atoms with Gasteiger partial charge in [-0.25, -0.2) is 0 Å². The molecule has 0 saturated heterocycles. The molecule has 0 bridgehead atoms. The first-order valence-corrected chi connectivity index (χ1v) is 7.91. The van der Waals surface area contributed by atoms with E-state index in [-0.39, 0.29) is 6.10 Å². The molecule has 1 N–H and O–H groups in total. The van der Waals surface area contributed by atoms with Crippen molar-refractivity contribution in [2.45, 2.75) is 32.9 Å². The molecule has 0 aromatic heterocycles. The standard InChI is InChI=1S/C19H25NO3/c1-14(2)22-17-9-11-19(12-10-17)23-18-7-5-16(6-8-18)21-13-15(3)20-4/h5-12,14-15,20H,13H2,1-4H3. The van der Waals surface area contributed by atoms with Crippen LogP contribution in [0.3, 0.4) is 0 Å². The summed E-state index contributed by atoms with van der Waals surface area (Å²) in [4.78, 5) is 0. The highest BCUT2D eigenvalue weighted by Crippen LogP contribution is 2.26. The fraction of sp³-hybridized carbons (Fsp3) is 0.368. The first-order valence-electron chi connectivity index (χ1n) is 7.91. The lowest BCUT2D eigenvalue weighted by molar-refractivity contribution is 0.242. The van der Waals surface area contributed by atoms with E-state index in [4.69, 9.17) is 14.2 Å². The normalized spacial score (nSPS) is 12.0. The third-order valence-electron chi connectivity index (χ3n) is 3.25. The Bertz CT molecular complexity index is 579. The number of ether oxygens (including phenoxy) is 3. The van der Waals surface area contributed by atoms with Crippen LogP contribution in [0.2, 0.25) is 0 Å². The second kappa shape index (κ2) is 8.44. The predicted octanol–water partition coefficient (Wildman–Crippen LogP) is 4.25. The van der Waals surface area contributed by atoms with E-state index in [2.05, 4.69) is 12.2 Å². The van der Waals surface area contributed by atoms with Crippen molar-refractivity contribution in [3.8, 4) is 23.0 Å². The monoisotopic (exact) mass is 315 g/mol. The molecule has 0 amide bonds. The fourth-order valence-electron chi connectivity index (χ4n) is 1.90. The first-order chi connectivity index (χ1) is 11.1. The van der Waals surface area contributed by atoms with Crippen molar-refractivity contribution in [1.29, 1.82) is 0 Å². The van der Waals surface area contributed by atoms with Crippen LogP contribution in [0.4, 0.5) is 0 Å². The summed E-state index contributed by atoms with van der Waals surface area (Å²) in [6, 6.07) is 15.6. The zero-order valence-corrected chi connectivity index (χ0v) is 14.2. The molecule has 2 aromatic carbocycles. The molecule has 1 atom stereocenters. The van der Waals surface area contributed by atoms with E-state index in [1.165, 1.54) is 0 Å². The number of hydrogen-bond acceptors (Lipinski definition) is 4. The quantitative estimate of drug-likeness (QED) is 0.790. The van der Waals surface area contributed by atoms with Gasteiger partial charge in [-0.05, 0) is 76.3 Å². The van der Waals surface area contributed by atoms with E-state index in [1.54, 1.807) is 0 Å². The SMILES string of the molecule is CNC(C)COc1ccc(Oc2ccc(OC(C)C)cc2)cc1. The van der Waals surface area contributed by atoms with Gasteiger partial charge in [0.15, 0.2) is 0 Å². The summed E-state index contributed by atoms with van der Waals surface area (Å²) in [6.07, 6.45) is 0.167. The molecule has 0 aliphatic rings. The molecule has 0 heterocycles. The summed E-state index contributed by atoms with van der Waals surface area (Å²) in [5, 5.41) is 3.14. The summed E-state index contributed by atoms with van der Waals surface area (Å²) >= 11 is 0. The van der Waals surface area contributed by atoms with Crippen LogP contribution < -0.4 is 19.5 Å². The maximum atomic E-state index is 5.82. The molecule has 23 heavy (non-hydrogen) atoms. The van der Waals surface area contributed by atoms with E-state index in [9.17, 15) is 0 Å². The van der Waals surface area contributed by atoms with Crippen molar-refractivity contribution in [2.24, 2.45) is 0 Å². The minimum Gasteiger partial charge on any atom is -0.492 e. The Morgan fingerprint density at radius 1 is 0.783 bits per heavy atom. The van der Waals surface area contributed by atoms with Gasteiger partial charge in [0.25, 0.3) is 0 Å². The highest BCUT2D eigenvalue weighted by atomic mass is 16.5. The van der Waals surface area contributed by atoms with Gasteiger partial charge in [-0.2, -0.15) is 0 Å². The Labute approximate surface area is 138 Å². The van der Waals surface area contributed by atoms with Crippen molar-refractivity contribution in [3.63, 3.8) is 0 Å². The Morgan fingerprint density at radius 3 is 1.74 bits per heavy atom. The smallest absolute Gasteiger partial charge is 0.127 e. The molecule has 0 radical (unpaired) electrons. The van der Waals surface area contributed by atoms with Crippen molar-refractivity contribution in [2.75, 3.05) is 13.7 Å². The number of nitrogens with one attached hydrogen (secondary N) is 1. The average molecular weight is 315 g/mol. The van der Waals surface area contributed by atoms with Gasteiger partial charge >= 0.3 is 0 Å². The third kappa shape index (κ3) is 5.83.